The molecular weight excluding hydrogens is 320 g/mol. The van der Waals surface area contributed by atoms with Crippen molar-refractivity contribution in [2.75, 3.05) is 0 Å². The second-order valence-corrected chi connectivity index (χ2v) is 6.20. The van der Waals surface area contributed by atoms with Crippen molar-refractivity contribution < 1.29 is 0 Å². The lowest BCUT2D eigenvalue weighted by atomic mass is 9.90. The maximum atomic E-state index is 3.72. The Morgan fingerprint density at radius 1 is 1.05 bits per heavy atom. The highest BCUT2D eigenvalue weighted by atomic mass is 79.9. The highest BCUT2D eigenvalue weighted by molar-refractivity contribution is 9.10. The van der Waals surface area contributed by atoms with Crippen molar-refractivity contribution in [3.05, 3.63) is 94.5 Å². The minimum Gasteiger partial charge on any atom is -0.0991 e. The Bertz CT molecular complexity index is 750. The molecular formula is C20H17Br. The normalized spacial score (nSPS) is 16.9. The second kappa shape index (κ2) is 5.87. The molecule has 1 heteroatoms. The maximum Gasteiger partial charge on any atom is 0.0312 e. The molecule has 0 saturated heterocycles. The van der Waals surface area contributed by atoms with Gasteiger partial charge in [0.25, 0.3) is 0 Å². The SMILES string of the molecule is C=C/C=C\C=C(/C)C1c2ccccc2-c2ccc(Br)cc21. The van der Waals surface area contributed by atoms with E-state index in [0.29, 0.717) is 5.92 Å². The van der Waals surface area contributed by atoms with Crippen LogP contribution in [0.2, 0.25) is 0 Å². The Labute approximate surface area is 134 Å². The summed E-state index contributed by atoms with van der Waals surface area (Å²) in [7, 11) is 0. The van der Waals surface area contributed by atoms with E-state index in [2.05, 4.69) is 84.0 Å². The number of rotatable bonds is 3. The molecule has 0 aromatic heterocycles. The monoisotopic (exact) mass is 336 g/mol. The van der Waals surface area contributed by atoms with Crippen LogP contribution in [0.15, 0.2) is 83.4 Å². The molecule has 1 atom stereocenters. The molecule has 1 aliphatic carbocycles. The summed E-state index contributed by atoms with van der Waals surface area (Å²) in [5, 5.41) is 0. The lowest BCUT2D eigenvalue weighted by Gasteiger charge is -2.14. The summed E-state index contributed by atoms with van der Waals surface area (Å²) in [5.74, 6) is 0.336. The van der Waals surface area contributed by atoms with Gasteiger partial charge in [0.2, 0.25) is 0 Å². The summed E-state index contributed by atoms with van der Waals surface area (Å²) in [6.45, 7) is 5.92. The highest BCUT2D eigenvalue weighted by Gasteiger charge is 2.29. The van der Waals surface area contributed by atoms with E-state index in [1.54, 1.807) is 6.08 Å². The fourth-order valence-electron chi connectivity index (χ4n) is 3.05. The van der Waals surface area contributed by atoms with E-state index in [1.165, 1.54) is 27.8 Å². The van der Waals surface area contributed by atoms with Gasteiger partial charge in [-0.2, -0.15) is 0 Å². The molecule has 0 spiro atoms. The van der Waals surface area contributed by atoms with Gasteiger partial charge in [0.05, 0.1) is 0 Å². The van der Waals surface area contributed by atoms with Gasteiger partial charge >= 0.3 is 0 Å². The molecule has 1 aliphatic rings. The topological polar surface area (TPSA) is 0 Å². The van der Waals surface area contributed by atoms with Gasteiger partial charge in [-0.1, -0.05) is 82.7 Å². The van der Waals surface area contributed by atoms with Crippen LogP contribution in [-0.2, 0) is 0 Å². The summed E-state index contributed by atoms with van der Waals surface area (Å²) in [5.41, 5.74) is 6.82. The zero-order chi connectivity index (χ0) is 14.8. The van der Waals surface area contributed by atoms with Gasteiger partial charge in [-0.15, -0.1) is 0 Å². The highest BCUT2D eigenvalue weighted by Crippen LogP contribution is 2.48. The predicted octanol–water partition coefficient (Wildman–Crippen LogP) is 6.25. The lowest BCUT2D eigenvalue weighted by Crippen LogP contribution is -1.98. The Balaban J connectivity index is 2.16. The fourth-order valence-corrected chi connectivity index (χ4v) is 3.43. The maximum absolute atomic E-state index is 3.72. The zero-order valence-corrected chi connectivity index (χ0v) is 13.6. The van der Waals surface area contributed by atoms with Gasteiger partial charge in [0, 0.05) is 10.4 Å². The molecule has 0 radical (unpaired) electrons. The molecule has 2 aromatic carbocycles. The summed E-state index contributed by atoms with van der Waals surface area (Å²) in [6, 6.07) is 15.3. The van der Waals surface area contributed by atoms with E-state index < -0.39 is 0 Å². The first-order valence-corrected chi connectivity index (χ1v) is 7.86. The average Bonchev–Trinajstić information content (AvgIpc) is 2.80. The summed E-state index contributed by atoms with van der Waals surface area (Å²) >= 11 is 3.60. The number of hydrogen-bond acceptors (Lipinski definition) is 0. The van der Waals surface area contributed by atoms with Gasteiger partial charge in [-0.25, -0.2) is 0 Å². The van der Waals surface area contributed by atoms with Crippen LogP contribution in [0.4, 0.5) is 0 Å². The fraction of sp³-hybridized carbons (Fsp3) is 0.100. The number of allylic oxidation sites excluding steroid dienone is 5. The van der Waals surface area contributed by atoms with Crippen LogP contribution in [0.1, 0.15) is 24.0 Å². The van der Waals surface area contributed by atoms with Crippen LogP contribution in [0.3, 0.4) is 0 Å². The largest absolute Gasteiger partial charge is 0.0991 e. The van der Waals surface area contributed by atoms with Gasteiger partial charge in [-0.05, 0) is 41.3 Å². The van der Waals surface area contributed by atoms with Crippen LogP contribution >= 0.6 is 15.9 Å². The summed E-state index contributed by atoms with van der Waals surface area (Å²) < 4.78 is 1.13. The van der Waals surface area contributed by atoms with Crippen molar-refractivity contribution in [3.8, 4) is 11.1 Å². The van der Waals surface area contributed by atoms with Crippen molar-refractivity contribution in [1.29, 1.82) is 0 Å². The Morgan fingerprint density at radius 2 is 1.81 bits per heavy atom. The molecule has 21 heavy (non-hydrogen) atoms. The number of benzene rings is 2. The minimum absolute atomic E-state index is 0.336. The smallest absolute Gasteiger partial charge is 0.0312 e. The van der Waals surface area contributed by atoms with E-state index in [-0.39, 0.29) is 0 Å². The minimum atomic E-state index is 0.336. The van der Waals surface area contributed by atoms with E-state index in [9.17, 15) is 0 Å². The molecule has 0 amide bonds. The predicted molar refractivity (Wildman–Crippen MR) is 94.5 cm³/mol. The Hall–Kier alpha value is -1.86. The standard InChI is InChI=1S/C20H17Br/c1-3-4-5-8-14(2)20-18-10-7-6-9-16(18)17-12-11-15(21)13-19(17)20/h3-13,20H,1H2,2H3/b5-4-,14-8+. The first-order chi connectivity index (χ1) is 10.2. The van der Waals surface area contributed by atoms with Gasteiger partial charge in [0.1, 0.15) is 0 Å². The third-order valence-electron chi connectivity index (χ3n) is 3.95. The van der Waals surface area contributed by atoms with Gasteiger partial charge < -0.3 is 0 Å². The molecule has 0 nitrogen and oxygen atoms in total. The first kappa shape index (κ1) is 14.1. The molecule has 0 bridgehead atoms. The zero-order valence-electron chi connectivity index (χ0n) is 12.0. The van der Waals surface area contributed by atoms with Crippen molar-refractivity contribution in [1.82, 2.24) is 0 Å². The van der Waals surface area contributed by atoms with E-state index in [4.69, 9.17) is 0 Å². The van der Waals surface area contributed by atoms with Gasteiger partial charge in [-0.3, -0.25) is 0 Å². The van der Waals surface area contributed by atoms with E-state index in [1.807, 2.05) is 6.08 Å². The van der Waals surface area contributed by atoms with Crippen LogP contribution < -0.4 is 0 Å². The average molecular weight is 337 g/mol. The lowest BCUT2D eigenvalue weighted by molar-refractivity contribution is 0.978. The van der Waals surface area contributed by atoms with Crippen LogP contribution in [0, 0.1) is 0 Å². The van der Waals surface area contributed by atoms with Crippen LogP contribution in [-0.4, -0.2) is 0 Å². The quantitative estimate of drug-likeness (QED) is 0.581. The van der Waals surface area contributed by atoms with Crippen molar-refractivity contribution in [3.63, 3.8) is 0 Å². The second-order valence-electron chi connectivity index (χ2n) is 5.28. The van der Waals surface area contributed by atoms with E-state index in [0.717, 1.165) is 4.47 Å². The van der Waals surface area contributed by atoms with Crippen molar-refractivity contribution >= 4 is 15.9 Å². The summed E-state index contributed by atoms with van der Waals surface area (Å²) in [4.78, 5) is 0. The first-order valence-electron chi connectivity index (χ1n) is 7.07. The van der Waals surface area contributed by atoms with Gasteiger partial charge in [0.15, 0.2) is 0 Å². The molecule has 0 fully saturated rings. The molecule has 0 N–H and O–H groups in total. The molecule has 2 aromatic rings. The molecule has 0 saturated carbocycles. The Kier molecular flexibility index (Phi) is 3.94. The number of hydrogen-bond donors (Lipinski definition) is 0. The Morgan fingerprint density at radius 3 is 2.62 bits per heavy atom. The van der Waals surface area contributed by atoms with Crippen LogP contribution in [0.5, 0.6) is 0 Å². The van der Waals surface area contributed by atoms with Crippen molar-refractivity contribution in [2.45, 2.75) is 12.8 Å². The molecule has 1 unspecified atom stereocenters. The van der Waals surface area contributed by atoms with Crippen LogP contribution in [0.25, 0.3) is 11.1 Å². The van der Waals surface area contributed by atoms with Crippen molar-refractivity contribution in [2.24, 2.45) is 0 Å². The third kappa shape index (κ3) is 2.54. The molecule has 3 rings (SSSR count). The molecule has 0 heterocycles. The molecule has 0 aliphatic heterocycles. The van der Waals surface area contributed by atoms with E-state index >= 15 is 0 Å². The number of halogens is 1. The number of fused-ring (bicyclic) bond motifs is 3. The molecule has 104 valence electrons. The summed E-state index contributed by atoms with van der Waals surface area (Å²) in [6.07, 6.45) is 8.00. The third-order valence-corrected chi connectivity index (χ3v) is 4.44.